The molecule has 0 saturated heterocycles. The highest BCUT2D eigenvalue weighted by atomic mass is 16.3. The summed E-state index contributed by atoms with van der Waals surface area (Å²) in [6.07, 6.45) is 3.57. The molecule has 3 rings (SSSR count). The molecule has 0 bridgehead atoms. The van der Waals surface area contributed by atoms with Crippen LogP contribution in [-0.2, 0) is 6.42 Å². The molecule has 3 heteroatoms. The summed E-state index contributed by atoms with van der Waals surface area (Å²) in [5, 5.41) is 10.8. The molecule has 0 fully saturated rings. The molecule has 0 amide bonds. The number of phenolic OH excluding ortho intramolecular Hbond substituents is 1. The van der Waals surface area contributed by atoms with Crippen molar-refractivity contribution in [2.45, 2.75) is 26.7 Å². The highest BCUT2D eigenvalue weighted by Crippen LogP contribution is 2.24. The van der Waals surface area contributed by atoms with E-state index in [-0.39, 0.29) is 5.75 Å². The average molecular weight is 304 g/mol. The van der Waals surface area contributed by atoms with Crippen LogP contribution in [0.25, 0.3) is 10.9 Å². The fourth-order valence-electron chi connectivity index (χ4n) is 2.69. The Labute approximate surface area is 136 Å². The van der Waals surface area contributed by atoms with Gasteiger partial charge in [-0.25, -0.2) is 4.98 Å². The van der Waals surface area contributed by atoms with Crippen molar-refractivity contribution in [3.63, 3.8) is 0 Å². The zero-order valence-electron chi connectivity index (χ0n) is 13.5. The molecular formula is C20H20N2O. The minimum absolute atomic E-state index is 0.230. The Morgan fingerprint density at radius 2 is 1.74 bits per heavy atom. The summed E-state index contributed by atoms with van der Waals surface area (Å²) in [4.78, 5) is 9.14. The van der Waals surface area contributed by atoms with E-state index in [1.54, 1.807) is 6.07 Å². The van der Waals surface area contributed by atoms with Crippen LogP contribution < -0.4 is 0 Å². The minimum atomic E-state index is 0.230. The van der Waals surface area contributed by atoms with Gasteiger partial charge in [0.25, 0.3) is 0 Å². The van der Waals surface area contributed by atoms with Crippen molar-refractivity contribution in [1.82, 2.24) is 4.98 Å². The molecule has 3 nitrogen and oxygen atoms in total. The molecule has 0 saturated carbocycles. The molecule has 1 heterocycles. The van der Waals surface area contributed by atoms with Gasteiger partial charge in [-0.05, 0) is 49.9 Å². The van der Waals surface area contributed by atoms with E-state index in [0.29, 0.717) is 5.52 Å². The molecular weight excluding hydrogens is 284 g/mol. The van der Waals surface area contributed by atoms with Crippen molar-refractivity contribution in [3.05, 3.63) is 65.4 Å². The van der Waals surface area contributed by atoms with Gasteiger partial charge in [-0.15, -0.1) is 0 Å². The van der Waals surface area contributed by atoms with Crippen LogP contribution >= 0.6 is 0 Å². The quantitative estimate of drug-likeness (QED) is 0.697. The van der Waals surface area contributed by atoms with Crippen LogP contribution in [0.2, 0.25) is 0 Å². The number of para-hydroxylation sites is 2. The fourth-order valence-corrected chi connectivity index (χ4v) is 2.69. The first-order valence-corrected chi connectivity index (χ1v) is 7.81. The van der Waals surface area contributed by atoms with Crippen molar-refractivity contribution in [2.24, 2.45) is 4.99 Å². The third-order valence-electron chi connectivity index (χ3n) is 3.95. The molecule has 2 aromatic carbocycles. The number of phenols is 1. The summed E-state index contributed by atoms with van der Waals surface area (Å²) in [7, 11) is 0. The fraction of sp³-hybridized carbons (Fsp3) is 0.200. The van der Waals surface area contributed by atoms with Gasteiger partial charge in [-0.3, -0.25) is 4.99 Å². The Morgan fingerprint density at radius 3 is 2.52 bits per heavy atom. The molecule has 3 aromatic rings. The van der Waals surface area contributed by atoms with Crippen LogP contribution in [0.4, 0.5) is 5.69 Å². The molecule has 0 spiro atoms. The lowest BCUT2D eigenvalue weighted by atomic mass is 10.1. The Morgan fingerprint density at radius 1 is 1.00 bits per heavy atom. The summed E-state index contributed by atoms with van der Waals surface area (Å²) >= 11 is 0. The summed E-state index contributed by atoms with van der Waals surface area (Å²) in [5.41, 5.74) is 5.06. The minimum Gasteiger partial charge on any atom is -0.506 e. The van der Waals surface area contributed by atoms with Crippen LogP contribution in [0, 0.1) is 13.8 Å². The van der Waals surface area contributed by atoms with E-state index in [4.69, 9.17) is 0 Å². The Bertz CT molecular complexity index is 848. The van der Waals surface area contributed by atoms with Gasteiger partial charge in [0.05, 0.1) is 5.69 Å². The van der Waals surface area contributed by atoms with E-state index in [1.807, 2.05) is 30.5 Å². The molecule has 0 radical (unpaired) electrons. The van der Waals surface area contributed by atoms with Gasteiger partial charge < -0.3 is 5.11 Å². The number of aromatic nitrogens is 1. The van der Waals surface area contributed by atoms with Gasteiger partial charge >= 0.3 is 0 Å². The first-order chi connectivity index (χ1) is 11.1. The van der Waals surface area contributed by atoms with Crippen molar-refractivity contribution in [3.8, 4) is 5.75 Å². The molecule has 0 aliphatic rings. The van der Waals surface area contributed by atoms with Crippen molar-refractivity contribution in [1.29, 1.82) is 0 Å². The maximum absolute atomic E-state index is 9.89. The van der Waals surface area contributed by atoms with Crippen molar-refractivity contribution < 1.29 is 5.11 Å². The standard InChI is InChI=1S/C20H20N2O/c1-14-6-3-7-15(2)19(14)21-13-5-9-17-12-11-16-8-4-10-18(23)20(16)22-17/h3-4,6-8,10-13,23H,5,9H2,1-2H3. The number of rotatable bonds is 4. The van der Waals surface area contributed by atoms with Crippen LogP contribution in [-0.4, -0.2) is 16.3 Å². The second-order valence-corrected chi connectivity index (χ2v) is 5.74. The largest absolute Gasteiger partial charge is 0.506 e. The number of pyridine rings is 1. The third kappa shape index (κ3) is 3.39. The predicted molar refractivity (Wildman–Crippen MR) is 95.8 cm³/mol. The summed E-state index contributed by atoms with van der Waals surface area (Å²) in [6.45, 7) is 4.15. The first-order valence-electron chi connectivity index (χ1n) is 7.81. The highest BCUT2D eigenvalue weighted by Gasteiger charge is 2.02. The number of nitrogens with zero attached hydrogens (tertiary/aromatic N) is 2. The maximum Gasteiger partial charge on any atom is 0.141 e. The van der Waals surface area contributed by atoms with E-state index >= 15 is 0 Å². The monoisotopic (exact) mass is 304 g/mol. The van der Waals surface area contributed by atoms with Gasteiger partial charge in [0, 0.05) is 17.3 Å². The predicted octanol–water partition coefficient (Wildman–Crippen LogP) is 4.89. The van der Waals surface area contributed by atoms with Crippen LogP contribution in [0.5, 0.6) is 5.75 Å². The topological polar surface area (TPSA) is 45.5 Å². The Balaban J connectivity index is 1.71. The molecule has 0 aliphatic heterocycles. The van der Waals surface area contributed by atoms with Crippen molar-refractivity contribution in [2.75, 3.05) is 0 Å². The molecule has 1 aromatic heterocycles. The summed E-state index contributed by atoms with van der Waals surface area (Å²) in [5.74, 6) is 0.230. The number of aliphatic imine (C=N–C) groups is 1. The molecule has 1 N–H and O–H groups in total. The van der Waals surface area contributed by atoms with Crippen molar-refractivity contribution >= 4 is 22.8 Å². The SMILES string of the molecule is Cc1cccc(C)c1N=CCCc1ccc2cccc(O)c2n1. The normalized spacial score (nSPS) is 11.4. The summed E-state index contributed by atoms with van der Waals surface area (Å²) < 4.78 is 0. The first kappa shape index (κ1) is 15.2. The lowest BCUT2D eigenvalue weighted by Crippen LogP contribution is -1.92. The van der Waals surface area contributed by atoms with Gasteiger partial charge in [-0.1, -0.05) is 36.4 Å². The Kier molecular flexibility index (Phi) is 4.38. The molecule has 0 atom stereocenters. The second kappa shape index (κ2) is 6.61. The zero-order chi connectivity index (χ0) is 16.2. The second-order valence-electron chi connectivity index (χ2n) is 5.74. The van der Waals surface area contributed by atoms with Crippen LogP contribution in [0.3, 0.4) is 0 Å². The molecule has 116 valence electrons. The number of hydrogen-bond donors (Lipinski definition) is 1. The zero-order valence-corrected chi connectivity index (χ0v) is 13.5. The number of benzene rings is 2. The van der Waals surface area contributed by atoms with E-state index in [9.17, 15) is 5.11 Å². The third-order valence-corrected chi connectivity index (χ3v) is 3.95. The van der Waals surface area contributed by atoms with Crippen LogP contribution in [0.1, 0.15) is 23.2 Å². The Hall–Kier alpha value is -2.68. The van der Waals surface area contributed by atoms with E-state index < -0.39 is 0 Å². The maximum atomic E-state index is 9.89. The average Bonchev–Trinajstić information content (AvgIpc) is 2.54. The summed E-state index contributed by atoms with van der Waals surface area (Å²) in [6, 6.07) is 15.7. The number of aromatic hydroxyl groups is 1. The van der Waals surface area contributed by atoms with Gasteiger partial charge in [0.1, 0.15) is 11.3 Å². The lowest BCUT2D eigenvalue weighted by Gasteiger charge is -2.04. The highest BCUT2D eigenvalue weighted by molar-refractivity contribution is 5.84. The molecule has 0 unspecified atom stereocenters. The van der Waals surface area contributed by atoms with E-state index in [2.05, 4.69) is 42.0 Å². The molecule has 0 aliphatic carbocycles. The molecule has 23 heavy (non-hydrogen) atoms. The van der Waals surface area contributed by atoms with E-state index in [1.165, 1.54) is 11.1 Å². The lowest BCUT2D eigenvalue weighted by molar-refractivity contribution is 0.480. The van der Waals surface area contributed by atoms with Gasteiger partial charge in [0.2, 0.25) is 0 Å². The van der Waals surface area contributed by atoms with Crippen LogP contribution in [0.15, 0.2) is 53.5 Å². The smallest absolute Gasteiger partial charge is 0.141 e. The number of hydrogen-bond acceptors (Lipinski definition) is 3. The van der Waals surface area contributed by atoms with E-state index in [0.717, 1.165) is 29.6 Å². The van der Waals surface area contributed by atoms with Gasteiger partial charge in [-0.2, -0.15) is 0 Å². The van der Waals surface area contributed by atoms with Gasteiger partial charge in [0.15, 0.2) is 0 Å². The number of aryl methyl sites for hydroxylation is 3. The number of fused-ring (bicyclic) bond motifs is 1.